The van der Waals surface area contributed by atoms with Crippen molar-refractivity contribution in [2.45, 2.75) is 5.88 Å². The van der Waals surface area contributed by atoms with E-state index in [9.17, 15) is 0 Å². The molecule has 6 heteroatoms. The van der Waals surface area contributed by atoms with Gasteiger partial charge in [0, 0.05) is 0 Å². The van der Waals surface area contributed by atoms with Gasteiger partial charge in [-0.2, -0.15) is 0 Å². The van der Waals surface area contributed by atoms with Crippen LogP contribution in [0.5, 0.6) is 0 Å². The highest BCUT2D eigenvalue weighted by Crippen LogP contribution is 2.34. The summed E-state index contributed by atoms with van der Waals surface area (Å²) in [5, 5.41) is 1.63. The van der Waals surface area contributed by atoms with Crippen LogP contribution in [0.2, 0.25) is 15.1 Å². The highest BCUT2D eigenvalue weighted by molar-refractivity contribution is 6.38. The average molecular weight is 346 g/mol. The van der Waals surface area contributed by atoms with Crippen molar-refractivity contribution in [3.8, 4) is 5.69 Å². The van der Waals surface area contributed by atoms with Gasteiger partial charge in [0.1, 0.15) is 11.3 Å². The van der Waals surface area contributed by atoms with Crippen LogP contribution in [-0.2, 0) is 5.88 Å². The number of fused-ring (bicyclic) bond motifs is 1. The Kier molecular flexibility index (Phi) is 3.83. The number of nitrogens with zero attached hydrogens (tertiary/aromatic N) is 2. The van der Waals surface area contributed by atoms with Crippen LogP contribution in [0, 0.1) is 0 Å². The van der Waals surface area contributed by atoms with Gasteiger partial charge in [0.15, 0.2) is 0 Å². The molecule has 0 atom stereocenters. The van der Waals surface area contributed by atoms with Gasteiger partial charge < -0.3 is 0 Å². The lowest BCUT2D eigenvalue weighted by Crippen LogP contribution is -2.01. The highest BCUT2D eigenvalue weighted by Gasteiger charge is 2.17. The molecule has 0 N–H and O–H groups in total. The van der Waals surface area contributed by atoms with Gasteiger partial charge >= 0.3 is 0 Å². The molecule has 0 radical (unpaired) electrons. The lowest BCUT2D eigenvalue weighted by Gasteiger charge is -2.11. The molecule has 1 heterocycles. The first kappa shape index (κ1) is 14.0. The van der Waals surface area contributed by atoms with Crippen LogP contribution in [0.3, 0.4) is 0 Å². The van der Waals surface area contributed by atoms with E-state index in [-0.39, 0.29) is 5.88 Å². The van der Waals surface area contributed by atoms with Crippen LogP contribution in [-0.4, -0.2) is 9.55 Å². The molecule has 0 aliphatic carbocycles. The minimum atomic E-state index is 0.229. The summed E-state index contributed by atoms with van der Waals surface area (Å²) in [7, 11) is 0. The van der Waals surface area contributed by atoms with Gasteiger partial charge in [-0.25, -0.2) is 4.98 Å². The third-order valence-electron chi connectivity index (χ3n) is 2.99. The molecular weight excluding hydrogens is 338 g/mol. The van der Waals surface area contributed by atoms with Gasteiger partial charge in [0.05, 0.1) is 32.2 Å². The molecule has 0 saturated carbocycles. The van der Waals surface area contributed by atoms with Crippen molar-refractivity contribution in [3.63, 3.8) is 0 Å². The first-order valence-electron chi connectivity index (χ1n) is 5.79. The van der Waals surface area contributed by atoms with E-state index in [1.54, 1.807) is 24.3 Å². The van der Waals surface area contributed by atoms with Crippen molar-refractivity contribution in [1.82, 2.24) is 9.55 Å². The van der Waals surface area contributed by atoms with E-state index in [1.165, 1.54) is 0 Å². The van der Waals surface area contributed by atoms with Gasteiger partial charge in [0.25, 0.3) is 0 Å². The smallest absolute Gasteiger partial charge is 0.129 e. The zero-order valence-corrected chi connectivity index (χ0v) is 13.1. The number of rotatable bonds is 2. The number of aromatic nitrogens is 2. The molecule has 102 valence electrons. The molecule has 3 aromatic rings. The number of imidazole rings is 1. The highest BCUT2D eigenvalue weighted by atomic mass is 35.5. The summed E-state index contributed by atoms with van der Waals surface area (Å²) >= 11 is 24.7. The fourth-order valence-electron chi connectivity index (χ4n) is 2.15. The van der Waals surface area contributed by atoms with Crippen LogP contribution >= 0.6 is 46.4 Å². The maximum absolute atomic E-state index is 6.28. The molecule has 1 aromatic heterocycles. The summed E-state index contributed by atoms with van der Waals surface area (Å²) in [6.45, 7) is 0. The molecule has 3 rings (SSSR count). The Labute approximate surface area is 135 Å². The molecule has 0 unspecified atom stereocenters. The van der Waals surface area contributed by atoms with Gasteiger partial charge in [0.2, 0.25) is 0 Å². The number of hydrogen-bond acceptors (Lipinski definition) is 1. The number of para-hydroxylation sites is 2. The predicted octanol–water partition coefficient (Wildman–Crippen LogP) is 5.72. The lowest BCUT2D eigenvalue weighted by molar-refractivity contribution is 0.982. The Morgan fingerprint density at radius 1 is 0.900 bits per heavy atom. The summed E-state index contributed by atoms with van der Waals surface area (Å²) in [5.41, 5.74) is 2.17. The van der Waals surface area contributed by atoms with E-state index in [1.807, 2.05) is 16.7 Å². The van der Waals surface area contributed by atoms with Crippen molar-refractivity contribution in [1.29, 1.82) is 0 Å². The Morgan fingerprint density at radius 3 is 2.15 bits per heavy atom. The average Bonchev–Trinajstić information content (AvgIpc) is 2.79. The Morgan fingerprint density at radius 2 is 1.50 bits per heavy atom. The molecule has 2 nitrogen and oxygen atoms in total. The van der Waals surface area contributed by atoms with Crippen LogP contribution in [0.4, 0.5) is 0 Å². The summed E-state index contributed by atoms with van der Waals surface area (Å²) in [6.07, 6.45) is 0. The first-order chi connectivity index (χ1) is 9.63. The standard InChI is InChI=1S/C14H8Cl4N2/c15-7-12-19-13-8(16)3-2-6-11(13)20(12)14-9(17)4-1-5-10(14)18/h1-6H,7H2. The minimum Gasteiger partial charge on any atom is -0.292 e. The second-order valence-corrected chi connectivity index (χ2v) is 5.66. The van der Waals surface area contributed by atoms with Gasteiger partial charge in [-0.15, -0.1) is 11.6 Å². The quantitative estimate of drug-likeness (QED) is 0.543. The van der Waals surface area contributed by atoms with Crippen molar-refractivity contribution >= 4 is 57.4 Å². The van der Waals surface area contributed by atoms with Crippen LogP contribution in [0.15, 0.2) is 36.4 Å². The van der Waals surface area contributed by atoms with Gasteiger partial charge in [-0.1, -0.05) is 46.9 Å². The van der Waals surface area contributed by atoms with Crippen molar-refractivity contribution in [3.05, 3.63) is 57.3 Å². The molecule has 2 aromatic carbocycles. The Balaban J connectivity index is 2.44. The maximum atomic E-state index is 6.28. The molecule has 20 heavy (non-hydrogen) atoms. The minimum absolute atomic E-state index is 0.229. The second-order valence-electron chi connectivity index (χ2n) is 4.17. The van der Waals surface area contributed by atoms with Crippen LogP contribution < -0.4 is 0 Å². The van der Waals surface area contributed by atoms with Crippen LogP contribution in [0.25, 0.3) is 16.7 Å². The fraction of sp³-hybridized carbons (Fsp3) is 0.0714. The predicted molar refractivity (Wildman–Crippen MR) is 85.7 cm³/mol. The Hall–Kier alpha value is -0.930. The third-order valence-corrected chi connectivity index (χ3v) is 4.14. The van der Waals surface area contributed by atoms with Crippen molar-refractivity contribution in [2.24, 2.45) is 0 Å². The molecule has 0 amide bonds. The molecule has 0 saturated heterocycles. The zero-order chi connectivity index (χ0) is 14.3. The second kappa shape index (κ2) is 5.45. The molecule has 0 spiro atoms. The zero-order valence-electron chi connectivity index (χ0n) is 10.1. The molecule has 0 aliphatic rings. The number of alkyl halides is 1. The molecule has 0 aliphatic heterocycles. The fourth-order valence-corrected chi connectivity index (χ4v) is 3.11. The summed E-state index contributed by atoms with van der Waals surface area (Å²) in [6, 6.07) is 10.9. The van der Waals surface area contributed by atoms with E-state index in [2.05, 4.69) is 4.98 Å². The van der Waals surface area contributed by atoms with Crippen molar-refractivity contribution < 1.29 is 0 Å². The lowest BCUT2D eigenvalue weighted by atomic mass is 10.2. The van der Waals surface area contributed by atoms with E-state index in [0.717, 1.165) is 5.52 Å². The SMILES string of the molecule is ClCc1nc2c(Cl)cccc2n1-c1c(Cl)cccc1Cl. The van der Waals surface area contributed by atoms with E-state index < -0.39 is 0 Å². The summed E-state index contributed by atoms with van der Waals surface area (Å²) in [5.74, 6) is 0.872. The summed E-state index contributed by atoms with van der Waals surface area (Å²) in [4.78, 5) is 4.47. The topological polar surface area (TPSA) is 17.8 Å². The van der Waals surface area contributed by atoms with Crippen LogP contribution in [0.1, 0.15) is 5.82 Å². The molecule has 0 fully saturated rings. The molecule has 0 bridgehead atoms. The van der Waals surface area contributed by atoms with E-state index in [4.69, 9.17) is 46.4 Å². The Bertz CT molecular complexity index is 775. The first-order valence-corrected chi connectivity index (χ1v) is 7.46. The number of hydrogen-bond donors (Lipinski definition) is 0. The van der Waals surface area contributed by atoms with E-state index in [0.29, 0.717) is 32.1 Å². The number of halogens is 4. The van der Waals surface area contributed by atoms with Gasteiger partial charge in [-0.3, -0.25) is 4.57 Å². The number of benzene rings is 2. The van der Waals surface area contributed by atoms with E-state index >= 15 is 0 Å². The van der Waals surface area contributed by atoms with Gasteiger partial charge in [-0.05, 0) is 24.3 Å². The normalized spacial score (nSPS) is 11.2. The third kappa shape index (κ3) is 2.17. The maximum Gasteiger partial charge on any atom is 0.129 e. The largest absolute Gasteiger partial charge is 0.292 e. The van der Waals surface area contributed by atoms with Crippen molar-refractivity contribution in [2.75, 3.05) is 0 Å². The summed E-state index contributed by atoms with van der Waals surface area (Å²) < 4.78 is 1.85. The monoisotopic (exact) mass is 344 g/mol. The molecular formula is C14H8Cl4N2.